The summed E-state index contributed by atoms with van der Waals surface area (Å²) >= 11 is 0. The maximum atomic E-state index is 12.4. The molecule has 0 aliphatic heterocycles. The molecule has 2 atom stereocenters. The van der Waals surface area contributed by atoms with Crippen LogP contribution in [0.15, 0.2) is 24.3 Å². The molecule has 0 saturated heterocycles. The predicted molar refractivity (Wildman–Crippen MR) is 86.8 cm³/mol. The molecule has 0 bridgehead atoms. The lowest BCUT2D eigenvalue weighted by Gasteiger charge is -2.19. The molecule has 0 radical (unpaired) electrons. The average molecular weight is 351 g/mol. The molecule has 8 nitrogen and oxygen atoms in total. The first-order valence-corrected chi connectivity index (χ1v) is 7.48. The number of carbonyl (C=O) groups is 4. The average Bonchev–Trinajstić information content (AvgIpc) is 2.65. The minimum absolute atomic E-state index is 0.0157. The van der Waals surface area contributed by atoms with Crippen molar-refractivity contribution in [1.29, 1.82) is 0 Å². The van der Waals surface area contributed by atoms with Crippen LogP contribution < -0.4 is 5.32 Å². The van der Waals surface area contributed by atoms with Crippen LogP contribution in [0, 0.1) is 5.92 Å². The van der Waals surface area contributed by atoms with Crippen molar-refractivity contribution in [3.05, 3.63) is 35.4 Å². The number of amides is 1. The van der Waals surface area contributed by atoms with Gasteiger partial charge in [-0.1, -0.05) is 13.0 Å². The van der Waals surface area contributed by atoms with Gasteiger partial charge in [0.15, 0.2) is 0 Å². The van der Waals surface area contributed by atoms with Crippen LogP contribution in [0.4, 0.5) is 0 Å². The van der Waals surface area contributed by atoms with E-state index in [1.54, 1.807) is 6.92 Å². The normalized spacial score (nSPS) is 12.5. The first-order chi connectivity index (χ1) is 11.8. The lowest BCUT2D eigenvalue weighted by molar-refractivity contribution is -0.147. The molecule has 0 aliphatic rings. The predicted octanol–water partition coefficient (Wildman–Crippen LogP) is 0.944. The van der Waals surface area contributed by atoms with E-state index >= 15 is 0 Å². The van der Waals surface area contributed by atoms with Gasteiger partial charge >= 0.3 is 17.9 Å². The topological polar surface area (TPSA) is 108 Å². The van der Waals surface area contributed by atoms with Gasteiger partial charge in [0.1, 0.15) is 6.04 Å². The summed E-state index contributed by atoms with van der Waals surface area (Å²) in [5.74, 6) is -2.98. The molecule has 1 aromatic rings. The Labute approximate surface area is 145 Å². The van der Waals surface area contributed by atoms with Crippen molar-refractivity contribution in [2.75, 3.05) is 21.3 Å². The lowest BCUT2D eigenvalue weighted by Crippen LogP contribution is -2.43. The molecule has 1 amide bonds. The number of benzene rings is 1. The van der Waals surface area contributed by atoms with E-state index in [4.69, 9.17) is 0 Å². The SMILES string of the molecule is COC(=O)c1cccc(C(=O)N[C@H](C[C@H](C)C(=O)OC)C(=O)OC)c1. The van der Waals surface area contributed by atoms with Crippen molar-refractivity contribution in [2.45, 2.75) is 19.4 Å². The van der Waals surface area contributed by atoms with Crippen LogP contribution >= 0.6 is 0 Å². The Balaban J connectivity index is 2.93. The van der Waals surface area contributed by atoms with E-state index in [1.165, 1.54) is 45.6 Å². The second-order valence-electron chi connectivity index (χ2n) is 5.28. The van der Waals surface area contributed by atoms with Gasteiger partial charge in [0.2, 0.25) is 0 Å². The fraction of sp³-hybridized carbons (Fsp3) is 0.412. The minimum Gasteiger partial charge on any atom is -0.469 e. The van der Waals surface area contributed by atoms with Crippen molar-refractivity contribution in [2.24, 2.45) is 5.92 Å². The Bertz CT molecular complexity index is 656. The number of rotatable bonds is 7. The summed E-state index contributed by atoms with van der Waals surface area (Å²) in [6, 6.07) is 4.82. The molecule has 0 aliphatic carbocycles. The quantitative estimate of drug-likeness (QED) is 0.575. The number of nitrogens with one attached hydrogen (secondary N) is 1. The highest BCUT2D eigenvalue weighted by molar-refractivity contribution is 5.99. The maximum absolute atomic E-state index is 12.4. The second kappa shape index (κ2) is 9.41. The van der Waals surface area contributed by atoms with Crippen LogP contribution in [-0.2, 0) is 23.8 Å². The lowest BCUT2D eigenvalue weighted by atomic mass is 10.0. The Morgan fingerprint density at radius 2 is 1.56 bits per heavy atom. The van der Waals surface area contributed by atoms with Crippen molar-refractivity contribution < 1.29 is 33.4 Å². The zero-order valence-corrected chi connectivity index (χ0v) is 14.5. The summed E-state index contributed by atoms with van der Waals surface area (Å²) in [6.07, 6.45) is 0.0157. The highest BCUT2D eigenvalue weighted by Crippen LogP contribution is 2.12. The Morgan fingerprint density at radius 1 is 0.960 bits per heavy atom. The van der Waals surface area contributed by atoms with Crippen molar-refractivity contribution in [3.8, 4) is 0 Å². The van der Waals surface area contributed by atoms with Crippen LogP contribution in [0.5, 0.6) is 0 Å². The zero-order valence-electron chi connectivity index (χ0n) is 14.5. The number of hydrogen-bond donors (Lipinski definition) is 1. The molecule has 0 heterocycles. The molecule has 0 saturated carbocycles. The van der Waals surface area contributed by atoms with Crippen LogP contribution in [0.25, 0.3) is 0 Å². The molecule has 136 valence electrons. The van der Waals surface area contributed by atoms with E-state index in [2.05, 4.69) is 19.5 Å². The Morgan fingerprint density at radius 3 is 2.12 bits per heavy atom. The van der Waals surface area contributed by atoms with Crippen LogP contribution in [0.2, 0.25) is 0 Å². The summed E-state index contributed by atoms with van der Waals surface area (Å²) in [4.78, 5) is 47.3. The molecule has 1 N–H and O–H groups in total. The van der Waals surface area contributed by atoms with E-state index in [0.717, 1.165) is 0 Å². The molecule has 0 spiro atoms. The number of esters is 3. The van der Waals surface area contributed by atoms with E-state index < -0.39 is 35.8 Å². The van der Waals surface area contributed by atoms with Crippen molar-refractivity contribution >= 4 is 23.8 Å². The minimum atomic E-state index is -1.03. The number of hydrogen-bond acceptors (Lipinski definition) is 7. The van der Waals surface area contributed by atoms with Crippen LogP contribution in [0.3, 0.4) is 0 Å². The van der Waals surface area contributed by atoms with Gasteiger partial charge in [-0.3, -0.25) is 9.59 Å². The molecule has 8 heteroatoms. The van der Waals surface area contributed by atoms with Gasteiger partial charge in [0.05, 0.1) is 32.8 Å². The number of ether oxygens (including phenoxy) is 3. The van der Waals surface area contributed by atoms with Crippen molar-refractivity contribution in [3.63, 3.8) is 0 Å². The van der Waals surface area contributed by atoms with E-state index in [1.807, 2.05) is 0 Å². The fourth-order valence-corrected chi connectivity index (χ4v) is 2.15. The van der Waals surface area contributed by atoms with Crippen molar-refractivity contribution in [1.82, 2.24) is 5.32 Å². The highest BCUT2D eigenvalue weighted by atomic mass is 16.5. The number of methoxy groups -OCH3 is 3. The van der Waals surface area contributed by atoms with E-state index in [0.29, 0.717) is 0 Å². The fourth-order valence-electron chi connectivity index (χ4n) is 2.15. The van der Waals surface area contributed by atoms with Gasteiger partial charge in [0.25, 0.3) is 5.91 Å². The molecule has 0 unspecified atom stereocenters. The van der Waals surface area contributed by atoms with Crippen LogP contribution in [0.1, 0.15) is 34.1 Å². The Hall–Kier alpha value is -2.90. The third kappa shape index (κ3) is 5.59. The molecule has 25 heavy (non-hydrogen) atoms. The van der Waals surface area contributed by atoms with Gasteiger partial charge < -0.3 is 19.5 Å². The summed E-state index contributed by atoms with van der Waals surface area (Å²) in [5, 5.41) is 2.50. The van der Waals surface area contributed by atoms with Gasteiger partial charge in [-0.25, -0.2) is 9.59 Å². The molecule has 0 aromatic heterocycles. The zero-order chi connectivity index (χ0) is 19.0. The first-order valence-electron chi connectivity index (χ1n) is 7.48. The van der Waals surface area contributed by atoms with Gasteiger partial charge in [0, 0.05) is 5.56 Å². The molecule has 0 fully saturated rings. The molecule has 1 aromatic carbocycles. The summed E-state index contributed by atoms with van der Waals surface area (Å²) in [6.45, 7) is 1.58. The largest absolute Gasteiger partial charge is 0.469 e. The van der Waals surface area contributed by atoms with Gasteiger partial charge in [-0.2, -0.15) is 0 Å². The van der Waals surface area contributed by atoms with Gasteiger partial charge in [-0.05, 0) is 24.6 Å². The summed E-state index contributed by atoms with van der Waals surface area (Å²) in [7, 11) is 3.65. The molecular weight excluding hydrogens is 330 g/mol. The monoisotopic (exact) mass is 351 g/mol. The standard InChI is InChI=1S/C17H21NO7/c1-10(15(20)23-2)8-13(17(22)25-4)18-14(19)11-6-5-7-12(9-11)16(21)24-3/h5-7,9-10,13H,8H2,1-4H3,(H,18,19)/t10-,13+/m0/s1. The molecule has 1 rings (SSSR count). The third-order valence-corrected chi connectivity index (χ3v) is 3.53. The van der Waals surface area contributed by atoms with Gasteiger partial charge in [-0.15, -0.1) is 0 Å². The summed E-state index contributed by atoms with van der Waals surface area (Å²) in [5.41, 5.74) is 0.371. The third-order valence-electron chi connectivity index (χ3n) is 3.53. The van der Waals surface area contributed by atoms with E-state index in [9.17, 15) is 19.2 Å². The maximum Gasteiger partial charge on any atom is 0.337 e. The second-order valence-corrected chi connectivity index (χ2v) is 5.28. The van der Waals surface area contributed by atoms with Crippen LogP contribution in [-0.4, -0.2) is 51.2 Å². The number of carbonyl (C=O) groups excluding carboxylic acids is 4. The highest BCUT2D eigenvalue weighted by Gasteiger charge is 2.27. The first kappa shape index (κ1) is 20.1. The smallest absolute Gasteiger partial charge is 0.337 e. The Kier molecular flexibility index (Phi) is 7.58. The summed E-state index contributed by atoms with van der Waals surface area (Å²) < 4.78 is 13.9. The van der Waals surface area contributed by atoms with E-state index in [-0.39, 0.29) is 17.5 Å². The molecular formula is C17H21NO7.